The second kappa shape index (κ2) is 44.0. The molecule has 0 unspecified atom stereocenters. The minimum Gasteiger partial charge on any atom is -0.507 e. The van der Waals surface area contributed by atoms with E-state index in [1.165, 1.54) is 46.2 Å². The van der Waals surface area contributed by atoms with E-state index < -0.39 is 21.7 Å². The summed E-state index contributed by atoms with van der Waals surface area (Å²) in [6, 6.07) is 43.6. The van der Waals surface area contributed by atoms with Gasteiger partial charge in [-0.3, -0.25) is 39.9 Å². The van der Waals surface area contributed by atoms with Crippen molar-refractivity contribution in [2.75, 3.05) is 0 Å². The first-order valence-electron chi connectivity index (χ1n) is 19.4. The van der Waals surface area contributed by atoms with Crippen molar-refractivity contribution >= 4 is 238 Å². The molecule has 0 amide bonds. The molecule has 1 N–H and O–H groups in total. The van der Waals surface area contributed by atoms with Crippen LogP contribution in [-0.4, -0.2) is 51.0 Å². The second-order valence-corrected chi connectivity index (χ2v) is 16.7. The Hall–Kier alpha value is -1.13. The van der Waals surface area contributed by atoms with Gasteiger partial charge in [0.2, 0.25) is 0 Å². The number of phenols is 1. The van der Waals surface area contributed by atoms with Crippen LogP contribution in [0.15, 0.2) is 152 Å². The lowest BCUT2D eigenvalue weighted by atomic mass is 10.2. The number of ether oxygens (including phenoxy) is 2. The van der Waals surface area contributed by atoms with Crippen molar-refractivity contribution in [2.45, 2.75) is 39.9 Å². The minimum atomic E-state index is -1.78. The van der Waals surface area contributed by atoms with Crippen LogP contribution in [0.5, 0.6) is 17.2 Å². The molecule has 71 heavy (non-hydrogen) atoms. The Kier molecular flexibility index (Phi) is 46.0. The van der Waals surface area contributed by atoms with Crippen LogP contribution in [0.1, 0.15) is 54.0 Å². The molecule has 0 aliphatic rings. The van der Waals surface area contributed by atoms with Gasteiger partial charge in [0.1, 0.15) is 17.2 Å². The fourth-order valence-electron chi connectivity index (χ4n) is 5.52. The monoisotopic (exact) mass is 2000 g/mol. The van der Waals surface area contributed by atoms with Crippen molar-refractivity contribution in [1.29, 1.82) is 0 Å². The molecular weight excluding hydrogens is 1960 g/mol. The maximum atomic E-state index is 10.7. The number of hydrogen-bond donors (Lipinski definition) is 1. The molecule has 0 radical (unpaired) electrons. The van der Waals surface area contributed by atoms with Gasteiger partial charge in [-0.2, -0.15) is 0 Å². The molecule has 0 atom stereocenters. The molecule has 384 valence electrons. The van der Waals surface area contributed by atoms with E-state index in [9.17, 15) is 39.9 Å². The van der Waals surface area contributed by atoms with E-state index in [4.69, 9.17) is 20.9 Å². The summed E-state index contributed by atoms with van der Waals surface area (Å²) < 4.78 is 10.8. The number of nitro benzene ring substituents is 3. The van der Waals surface area contributed by atoms with Crippen LogP contribution < -0.4 is 25.4 Å². The number of aldehydes is 2. The summed E-state index contributed by atoms with van der Waals surface area (Å²) in [5, 5.41) is 44.1. The third-order valence-electron chi connectivity index (χ3n) is 8.42. The maximum Gasteiger partial charge on any atom is 0.270 e. The number of carbonyl (C=O) groups is 2. The van der Waals surface area contributed by atoms with Crippen molar-refractivity contribution in [3.05, 3.63) is 199 Å². The summed E-state index contributed by atoms with van der Waals surface area (Å²) in [7, 11) is 0. The average molecular weight is 2000 g/mol. The Morgan fingerprint density at radius 2 is 0.789 bits per heavy atom. The number of rotatable bonds is 13. The zero-order valence-corrected chi connectivity index (χ0v) is 58.4. The number of halogens is 9. The van der Waals surface area contributed by atoms with E-state index in [2.05, 4.69) is 247 Å². The summed E-state index contributed by atoms with van der Waals surface area (Å²) >= 11 is 17.0. The fourth-order valence-corrected chi connectivity index (χ4v) is 8.46. The van der Waals surface area contributed by atoms with E-state index in [1.54, 1.807) is 12.1 Å². The summed E-state index contributed by atoms with van der Waals surface area (Å²) in [5.74, 6) is 0.729. The highest BCUT2D eigenvalue weighted by Gasteiger charge is 2.21. The first-order chi connectivity index (χ1) is 33.5. The molecule has 0 fully saturated rings. The molecule has 14 nitrogen and oxygen atoms in total. The van der Waals surface area contributed by atoms with Crippen LogP contribution in [0.3, 0.4) is 0 Å². The van der Waals surface area contributed by atoms with Crippen molar-refractivity contribution in [3.8, 4) is 17.2 Å². The molecule has 24 heteroatoms. The minimum absolute atomic E-state index is 0. The fraction of sp³-hybridized carbons (Fsp3) is 0.128. The van der Waals surface area contributed by atoms with E-state index in [-0.39, 0.29) is 70.1 Å². The first-order valence-corrected chi connectivity index (χ1v) is 46.5. The largest absolute Gasteiger partial charge is 0.507 e. The van der Waals surface area contributed by atoms with Gasteiger partial charge < -0.3 is 14.6 Å². The molecular formula is C47H47I9N3O11P. The van der Waals surface area contributed by atoms with Gasteiger partial charge in [0.25, 0.3) is 17.1 Å². The van der Waals surface area contributed by atoms with Gasteiger partial charge in [-0.05, 0) is 68.7 Å². The number of hydrogen-bond acceptors (Lipinski definition) is 11. The van der Waals surface area contributed by atoms with Crippen molar-refractivity contribution in [3.63, 3.8) is 0 Å². The Morgan fingerprint density at radius 3 is 1.07 bits per heavy atom. The average Bonchev–Trinajstić information content (AvgIpc) is 3.39. The third kappa shape index (κ3) is 27.5. The van der Waals surface area contributed by atoms with Gasteiger partial charge in [0.15, 0.2) is 12.6 Å². The Balaban J connectivity index is -0.000000835. The SMILES string of the molecule is C=Cc1cc([N+](=O)[O-])ccc1OC(C)C.C=P(c1ccccc1)(c1ccccc1)c1ccccc1.CC(C)Oc1ccc([N+](=O)[O-])cc1C=O.I.II.II.II.II.O=Cc1cc([N+](=O)[O-])ccc1O. The zero-order valence-electron chi connectivity index (χ0n) is 37.9. The number of non-ortho nitro benzene ring substituents is 3. The van der Waals surface area contributed by atoms with E-state index in [0.717, 1.165) is 18.2 Å². The lowest BCUT2D eigenvalue weighted by Crippen LogP contribution is -2.25. The van der Waals surface area contributed by atoms with Gasteiger partial charge in [-0.15, -0.1) is 24.0 Å². The number of benzene rings is 6. The molecule has 6 aromatic rings. The molecule has 6 rings (SSSR count). The Morgan fingerprint density at radius 1 is 0.507 bits per heavy atom. The predicted molar refractivity (Wildman–Crippen MR) is 373 cm³/mol. The summed E-state index contributed by atoms with van der Waals surface area (Å²) in [6.07, 6.45) is 7.10. The molecule has 0 spiro atoms. The van der Waals surface area contributed by atoms with Crippen molar-refractivity contribution in [1.82, 2.24) is 0 Å². The maximum absolute atomic E-state index is 10.7. The second-order valence-electron chi connectivity index (χ2n) is 13.5. The van der Waals surface area contributed by atoms with Crippen molar-refractivity contribution < 1.29 is 38.9 Å². The van der Waals surface area contributed by atoms with Gasteiger partial charge in [0, 0.05) is 191 Å². The van der Waals surface area contributed by atoms with Crippen LogP contribution in [0.25, 0.3) is 6.08 Å². The van der Waals surface area contributed by atoms with Crippen LogP contribution in [0, 0.1) is 30.3 Å². The number of aromatic hydroxyl groups is 1. The summed E-state index contributed by atoms with van der Waals surface area (Å²) in [6.45, 7) is 9.25. The lowest BCUT2D eigenvalue weighted by Gasteiger charge is -2.26. The van der Waals surface area contributed by atoms with E-state index in [0.29, 0.717) is 29.6 Å². The van der Waals surface area contributed by atoms with E-state index >= 15 is 0 Å². The lowest BCUT2D eigenvalue weighted by molar-refractivity contribution is -0.385. The van der Waals surface area contributed by atoms with Crippen LogP contribution in [0.2, 0.25) is 0 Å². The molecule has 0 aliphatic heterocycles. The van der Waals surface area contributed by atoms with Gasteiger partial charge in [-0.1, -0.05) is 110 Å². The van der Waals surface area contributed by atoms with Crippen LogP contribution in [-0.2, 0) is 0 Å². The quantitative estimate of drug-likeness (QED) is 0.0379. The molecule has 0 bridgehead atoms. The highest BCUT2D eigenvalue weighted by molar-refractivity contribution is 15.0. The Labute approximate surface area is 524 Å². The molecule has 0 heterocycles. The summed E-state index contributed by atoms with van der Waals surface area (Å²) in [4.78, 5) is 50.5. The highest BCUT2D eigenvalue weighted by atomic mass is 128. The molecule has 0 aromatic heterocycles. The first kappa shape index (κ1) is 74.1. The zero-order chi connectivity index (χ0) is 53.8. The Bertz CT molecular complexity index is 2370. The molecule has 0 saturated carbocycles. The van der Waals surface area contributed by atoms with E-state index in [1.807, 2.05) is 27.7 Å². The smallest absolute Gasteiger partial charge is 0.270 e. The van der Waals surface area contributed by atoms with Gasteiger partial charge in [-0.25, -0.2) is 0 Å². The summed E-state index contributed by atoms with van der Waals surface area (Å²) in [5.41, 5.74) is 0.462. The molecule has 0 aliphatic carbocycles. The number of carbonyl (C=O) groups excluding carboxylic acids is 2. The molecule has 6 aromatic carbocycles. The van der Waals surface area contributed by atoms with Crippen LogP contribution >= 0.6 is 180 Å². The highest BCUT2D eigenvalue weighted by Crippen LogP contribution is 2.41. The number of nitrogens with zero attached hydrogens (tertiary/aromatic N) is 3. The predicted octanol–water partition coefficient (Wildman–Crippen LogP) is 17.4. The number of nitro groups is 3. The van der Waals surface area contributed by atoms with Gasteiger partial charge >= 0.3 is 0 Å². The van der Waals surface area contributed by atoms with Crippen molar-refractivity contribution in [2.24, 2.45) is 0 Å². The third-order valence-corrected chi connectivity index (χ3v) is 12.0. The van der Waals surface area contributed by atoms with Crippen LogP contribution in [0.4, 0.5) is 17.1 Å². The topological polar surface area (TPSA) is 202 Å². The normalized spacial score (nSPS) is 9.32. The van der Waals surface area contributed by atoms with Gasteiger partial charge in [0.05, 0.1) is 38.1 Å². The number of phenolic OH excluding ortho intramolecular Hbond substituents is 1. The molecule has 0 saturated heterocycles. The standard InChI is InChI=1S/C19H17P.C11H13NO3.C10H11NO4.C7H5NO4.4I2.HI/c1-20(17-11-5-2-6-12-17,18-13-7-3-8-14-18)19-15-9-4-10-16-19;1-4-9-7-10(12(13)14)5-6-11(9)15-8(2)3;1-7(2)15-10-4-3-9(11(13)14)5-8(10)6-12;9-4-5-3-6(8(11)12)1-2-7(5)10;4*1-2;/h2-16H,1H2;4-8H,1H2,2-3H3;3-7H,1-2H3;1-4,10H;;;;;1H.